The summed E-state index contributed by atoms with van der Waals surface area (Å²) in [6.07, 6.45) is 9.67. The topological polar surface area (TPSA) is 18.5 Å². The molecular formula is C26H36O2. The second-order valence-electron chi connectivity index (χ2n) is 8.42. The van der Waals surface area contributed by atoms with E-state index in [0.29, 0.717) is 12.5 Å². The van der Waals surface area contributed by atoms with Crippen LogP contribution in [0.4, 0.5) is 0 Å². The van der Waals surface area contributed by atoms with E-state index in [2.05, 4.69) is 50.2 Å². The monoisotopic (exact) mass is 380 g/mol. The Kier molecular flexibility index (Phi) is 7.82. The summed E-state index contributed by atoms with van der Waals surface area (Å²) in [6.45, 7) is 5.17. The lowest BCUT2D eigenvalue weighted by molar-refractivity contribution is 0.294. The highest BCUT2D eigenvalue weighted by Crippen LogP contribution is 2.38. The van der Waals surface area contributed by atoms with E-state index < -0.39 is 0 Å². The van der Waals surface area contributed by atoms with Crippen molar-refractivity contribution in [1.82, 2.24) is 0 Å². The molecule has 2 aromatic rings. The van der Waals surface area contributed by atoms with Crippen molar-refractivity contribution < 1.29 is 9.47 Å². The Hall–Kier alpha value is -1.96. The van der Waals surface area contributed by atoms with Gasteiger partial charge in [0.05, 0.1) is 13.7 Å². The Morgan fingerprint density at radius 1 is 0.964 bits per heavy atom. The standard InChI is InChI=1S/C26H36O2/c1-4-5-7-21-10-12-22(13-11-21)23-14-16-25(17-15-23)28-19-20(2)24-8-6-9-26(18-24)27-3/h6,8-9,14-18,20-22H,4-5,7,10-13,19H2,1-3H3/t20-,21?,22?/m0/s1. The maximum absolute atomic E-state index is 6.06. The van der Waals surface area contributed by atoms with E-state index >= 15 is 0 Å². The minimum atomic E-state index is 0.327. The fraction of sp³-hybridized carbons (Fsp3) is 0.538. The van der Waals surface area contributed by atoms with Crippen LogP contribution in [0.1, 0.15) is 81.8 Å². The number of methoxy groups -OCH3 is 1. The summed E-state index contributed by atoms with van der Waals surface area (Å²) in [5.74, 6) is 3.90. The molecule has 0 aliphatic heterocycles. The first-order valence-corrected chi connectivity index (χ1v) is 11.1. The molecule has 1 fully saturated rings. The van der Waals surface area contributed by atoms with Crippen LogP contribution in [-0.4, -0.2) is 13.7 Å². The van der Waals surface area contributed by atoms with Crippen molar-refractivity contribution in [1.29, 1.82) is 0 Å². The SMILES string of the molecule is CCCCC1CCC(c2ccc(OC[C@H](C)c3cccc(OC)c3)cc2)CC1. The lowest BCUT2D eigenvalue weighted by atomic mass is 9.77. The number of rotatable bonds is 9. The van der Waals surface area contributed by atoms with Crippen molar-refractivity contribution in [3.05, 3.63) is 59.7 Å². The van der Waals surface area contributed by atoms with Gasteiger partial charge in [0.15, 0.2) is 0 Å². The van der Waals surface area contributed by atoms with Crippen molar-refractivity contribution >= 4 is 0 Å². The number of benzene rings is 2. The Labute approximate surface area is 171 Å². The molecule has 28 heavy (non-hydrogen) atoms. The van der Waals surface area contributed by atoms with E-state index in [4.69, 9.17) is 9.47 Å². The van der Waals surface area contributed by atoms with E-state index in [1.54, 1.807) is 7.11 Å². The van der Waals surface area contributed by atoms with Crippen molar-refractivity contribution in [2.75, 3.05) is 13.7 Å². The molecule has 0 heterocycles. The van der Waals surface area contributed by atoms with E-state index in [1.165, 1.54) is 56.1 Å². The zero-order valence-corrected chi connectivity index (χ0v) is 17.8. The van der Waals surface area contributed by atoms with Gasteiger partial charge in [-0.3, -0.25) is 0 Å². The van der Waals surface area contributed by atoms with Crippen molar-refractivity contribution in [2.24, 2.45) is 5.92 Å². The molecular weight excluding hydrogens is 344 g/mol. The average Bonchev–Trinajstić information content (AvgIpc) is 2.77. The summed E-state index contributed by atoms with van der Waals surface area (Å²) < 4.78 is 11.4. The molecule has 2 nitrogen and oxygen atoms in total. The maximum atomic E-state index is 6.06. The third-order valence-corrected chi connectivity index (χ3v) is 6.33. The van der Waals surface area contributed by atoms with Gasteiger partial charge in [-0.1, -0.05) is 57.4 Å². The minimum absolute atomic E-state index is 0.327. The van der Waals surface area contributed by atoms with Gasteiger partial charge in [0.25, 0.3) is 0 Å². The predicted molar refractivity (Wildman–Crippen MR) is 118 cm³/mol. The Morgan fingerprint density at radius 2 is 1.71 bits per heavy atom. The molecule has 2 heteroatoms. The van der Waals surface area contributed by atoms with Crippen molar-refractivity contribution in [2.45, 2.75) is 70.6 Å². The highest BCUT2D eigenvalue weighted by Gasteiger charge is 2.22. The lowest BCUT2D eigenvalue weighted by Crippen LogP contribution is -2.13. The molecule has 0 N–H and O–H groups in total. The highest BCUT2D eigenvalue weighted by molar-refractivity contribution is 5.32. The molecule has 0 unspecified atom stereocenters. The smallest absolute Gasteiger partial charge is 0.119 e. The molecule has 0 aromatic heterocycles. The van der Waals surface area contributed by atoms with Crippen LogP contribution in [0.2, 0.25) is 0 Å². The Balaban J connectivity index is 1.48. The largest absolute Gasteiger partial charge is 0.497 e. The van der Waals surface area contributed by atoms with E-state index in [1.807, 2.05) is 12.1 Å². The summed E-state index contributed by atoms with van der Waals surface area (Å²) in [5.41, 5.74) is 2.73. The van der Waals surface area contributed by atoms with Crippen LogP contribution < -0.4 is 9.47 Å². The Morgan fingerprint density at radius 3 is 2.39 bits per heavy atom. The minimum Gasteiger partial charge on any atom is -0.497 e. The molecule has 152 valence electrons. The van der Waals surface area contributed by atoms with Crippen LogP contribution in [0.5, 0.6) is 11.5 Å². The lowest BCUT2D eigenvalue weighted by Gasteiger charge is -2.29. The van der Waals surface area contributed by atoms with Gasteiger partial charge >= 0.3 is 0 Å². The molecule has 0 bridgehead atoms. The van der Waals surface area contributed by atoms with Gasteiger partial charge in [-0.05, 0) is 72.9 Å². The zero-order chi connectivity index (χ0) is 19.8. The average molecular weight is 381 g/mol. The quantitative estimate of drug-likeness (QED) is 0.453. The molecule has 3 rings (SSSR count). The Bertz CT molecular complexity index is 699. The van der Waals surface area contributed by atoms with Crippen LogP contribution in [0.3, 0.4) is 0 Å². The normalized spacial score (nSPS) is 20.5. The molecule has 0 saturated heterocycles. The van der Waals surface area contributed by atoms with E-state index in [9.17, 15) is 0 Å². The first kappa shape index (κ1) is 20.8. The number of hydrogen-bond acceptors (Lipinski definition) is 2. The third-order valence-electron chi connectivity index (χ3n) is 6.33. The summed E-state index contributed by atoms with van der Waals surface area (Å²) in [6, 6.07) is 17.1. The number of unbranched alkanes of at least 4 members (excludes halogenated alkanes) is 1. The van der Waals surface area contributed by atoms with Crippen molar-refractivity contribution in [3.63, 3.8) is 0 Å². The van der Waals surface area contributed by atoms with Gasteiger partial charge in [0.2, 0.25) is 0 Å². The van der Waals surface area contributed by atoms with Crippen LogP contribution in [-0.2, 0) is 0 Å². The molecule has 0 spiro atoms. The molecule has 2 aromatic carbocycles. The first-order valence-electron chi connectivity index (χ1n) is 11.1. The van der Waals surface area contributed by atoms with E-state index in [0.717, 1.165) is 23.3 Å². The molecule has 1 atom stereocenters. The fourth-order valence-electron chi connectivity index (χ4n) is 4.38. The summed E-state index contributed by atoms with van der Waals surface area (Å²) >= 11 is 0. The van der Waals surface area contributed by atoms with Gasteiger partial charge in [-0.25, -0.2) is 0 Å². The van der Waals surface area contributed by atoms with E-state index in [-0.39, 0.29) is 0 Å². The van der Waals surface area contributed by atoms with Gasteiger partial charge in [-0.2, -0.15) is 0 Å². The van der Waals surface area contributed by atoms with Crippen LogP contribution in [0.15, 0.2) is 48.5 Å². The number of ether oxygens (including phenoxy) is 2. The van der Waals surface area contributed by atoms with Gasteiger partial charge in [0.1, 0.15) is 11.5 Å². The molecule has 0 radical (unpaired) electrons. The summed E-state index contributed by atoms with van der Waals surface area (Å²) in [4.78, 5) is 0. The van der Waals surface area contributed by atoms with Crippen molar-refractivity contribution in [3.8, 4) is 11.5 Å². The highest BCUT2D eigenvalue weighted by atomic mass is 16.5. The number of hydrogen-bond donors (Lipinski definition) is 0. The predicted octanol–water partition coefficient (Wildman–Crippen LogP) is 7.34. The second kappa shape index (κ2) is 10.5. The molecule has 1 saturated carbocycles. The van der Waals surface area contributed by atoms with Crippen LogP contribution in [0, 0.1) is 5.92 Å². The zero-order valence-electron chi connectivity index (χ0n) is 17.8. The van der Waals surface area contributed by atoms with Crippen LogP contribution in [0.25, 0.3) is 0 Å². The summed E-state index contributed by atoms with van der Waals surface area (Å²) in [7, 11) is 1.71. The fourth-order valence-corrected chi connectivity index (χ4v) is 4.38. The first-order chi connectivity index (χ1) is 13.7. The van der Waals surface area contributed by atoms with Crippen LogP contribution >= 0.6 is 0 Å². The molecule has 1 aliphatic carbocycles. The van der Waals surface area contributed by atoms with Gasteiger partial charge in [0, 0.05) is 5.92 Å². The summed E-state index contributed by atoms with van der Waals surface area (Å²) in [5, 5.41) is 0. The third kappa shape index (κ3) is 5.77. The molecule has 1 aliphatic rings. The van der Waals surface area contributed by atoms with Gasteiger partial charge < -0.3 is 9.47 Å². The second-order valence-corrected chi connectivity index (χ2v) is 8.42. The van der Waals surface area contributed by atoms with Gasteiger partial charge in [-0.15, -0.1) is 0 Å². The molecule has 0 amide bonds. The maximum Gasteiger partial charge on any atom is 0.119 e.